The van der Waals surface area contributed by atoms with Gasteiger partial charge in [0.25, 0.3) is 0 Å². The monoisotopic (exact) mass is 316 g/mol. The number of aromatic nitrogens is 1. The Labute approximate surface area is 126 Å². The number of carboxylic acids is 1. The van der Waals surface area contributed by atoms with Gasteiger partial charge >= 0.3 is 5.97 Å². The molecule has 1 heterocycles. The van der Waals surface area contributed by atoms with Crippen molar-refractivity contribution in [1.82, 2.24) is 8.87 Å². The second-order valence-corrected chi connectivity index (χ2v) is 7.52. The van der Waals surface area contributed by atoms with Gasteiger partial charge in [0.2, 0.25) is 10.0 Å². The van der Waals surface area contributed by atoms with E-state index < -0.39 is 16.0 Å². The summed E-state index contributed by atoms with van der Waals surface area (Å²) in [4.78, 5) is 11.3. The van der Waals surface area contributed by atoms with Crippen LogP contribution in [0.15, 0.2) is 17.2 Å². The highest BCUT2D eigenvalue weighted by Crippen LogP contribution is 2.23. The first-order chi connectivity index (χ1) is 9.62. The summed E-state index contributed by atoms with van der Waals surface area (Å²) in [6.45, 7) is 7.46. The molecule has 1 atom stereocenters. The van der Waals surface area contributed by atoms with Crippen LogP contribution in [0.25, 0.3) is 0 Å². The van der Waals surface area contributed by atoms with Crippen molar-refractivity contribution in [2.75, 3.05) is 7.05 Å². The van der Waals surface area contributed by atoms with Gasteiger partial charge in [-0.05, 0) is 33.3 Å². The number of carboxylic acid groups (broad SMARTS) is 1. The Hall–Kier alpha value is -1.34. The topological polar surface area (TPSA) is 79.6 Å². The molecule has 1 aromatic heterocycles. The van der Waals surface area contributed by atoms with E-state index in [1.807, 2.05) is 27.7 Å². The van der Waals surface area contributed by atoms with Gasteiger partial charge in [0.05, 0.1) is 0 Å². The van der Waals surface area contributed by atoms with Gasteiger partial charge in [0.15, 0.2) is 0 Å². The lowest BCUT2D eigenvalue weighted by atomic mass is 10.2. The molecule has 0 aliphatic rings. The molecule has 0 aromatic carbocycles. The van der Waals surface area contributed by atoms with E-state index in [0.29, 0.717) is 0 Å². The summed E-state index contributed by atoms with van der Waals surface area (Å²) in [5.74, 6) is -1.13. The number of rotatable bonds is 7. The minimum absolute atomic E-state index is 0.0138. The summed E-state index contributed by atoms with van der Waals surface area (Å²) in [7, 11) is -2.15. The van der Waals surface area contributed by atoms with Crippen molar-refractivity contribution in [3.63, 3.8) is 0 Å². The zero-order chi connectivity index (χ0) is 16.4. The second kappa shape index (κ2) is 6.62. The zero-order valence-corrected chi connectivity index (χ0v) is 14.0. The molecular formula is C14H24N2O4S. The Kier molecular flexibility index (Phi) is 5.58. The number of sulfonamides is 1. The quantitative estimate of drug-likeness (QED) is 0.838. The predicted molar refractivity (Wildman–Crippen MR) is 81.1 cm³/mol. The van der Waals surface area contributed by atoms with E-state index in [9.17, 15) is 18.3 Å². The van der Waals surface area contributed by atoms with Crippen LogP contribution >= 0.6 is 0 Å². The summed E-state index contributed by atoms with van der Waals surface area (Å²) >= 11 is 0. The molecule has 0 aliphatic heterocycles. The first kappa shape index (κ1) is 17.7. The molecule has 21 heavy (non-hydrogen) atoms. The molecule has 1 rings (SSSR count). The Morgan fingerprint density at radius 1 is 1.38 bits per heavy atom. The van der Waals surface area contributed by atoms with E-state index in [1.54, 1.807) is 0 Å². The smallest absolute Gasteiger partial charge is 0.352 e. The van der Waals surface area contributed by atoms with Crippen LogP contribution in [0.2, 0.25) is 0 Å². The van der Waals surface area contributed by atoms with Crippen molar-refractivity contribution in [1.29, 1.82) is 0 Å². The number of nitrogens with zero attached hydrogens (tertiary/aromatic N) is 2. The van der Waals surface area contributed by atoms with E-state index in [0.717, 1.165) is 12.8 Å². The summed E-state index contributed by atoms with van der Waals surface area (Å²) in [5.41, 5.74) is -0.0138. The SMILES string of the molecule is CCCC(C)N(C)S(=O)(=O)c1cc(C(=O)O)n(C(C)C)c1. The highest BCUT2D eigenvalue weighted by Gasteiger charge is 2.28. The molecule has 0 bridgehead atoms. The summed E-state index contributed by atoms with van der Waals surface area (Å²) < 4.78 is 27.9. The van der Waals surface area contributed by atoms with Crippen LogP contribution < -0.4 is 0 Å². The van der Waals surface area contributed by atoms with E-state index in [-0.39, 0.29) is 22.7 Å². The van der Waals surface area contributed by atoms with Crippen molar-refractivity contribution in [3.8, 4) is 0 Å². The van der Waals surface area contributed by atoms with E-state index >= 15 is 0 Å². The van der Waals surface area contributed by atoms with Gasteiger partial charge in [-0.25, -0.2) is 13.2 Å². The third kappa shape index (κ3) is 3.65. The van der Waals surface area contributed by atoms with Gasteiger partial charge in [0, 0.05) is 25.3 Å². The molecule has 120 valence electrons. The van der Waals surface area contributed by atoms with Crippen LogP contribution in [0.4, 0.5) is 0 Å². The van der Waals surface area contributed by atoms with Gasteiger partial charge in [-0.3, -0.25) is 0 Å². The lowest BCUT2D eigenvalue weighted by Crippen LogP contribution is -2.34. The molecule has 1 aromatic rings. The van der Waals surface area contributed by atoms with Gasteiger partial charge in [-0.1, -0.05) is 13.3 Å². The molecule has 0 fully saturated rings. The Morgan fingerprint density at radius 2 is 1.95 bits per heavy atom. The summed E-state index contributed by atoms with van der Waals surface area (Å²) in [6.07, 6.45) is 3.04. The van der Waals surface area contributed by atoms with Crippen LogP contribution in [0.5, 0.6) is 0 Å². The van der Waals surface area contributed by atoms with Crippen molar-refractivity contribution >= 4 is 16.0 Å². The van der Waals surface area contributed by atoms with Crippen LogP contribution in [0.1, 0.15) is 57.1 Å². The molecule has 0 radical (unpaired) electrons. The maximum Gasteiger partial charge on any atom is 0.352 e. The van der Waals surface area contributed by atoms with E-state index in [4.69, 9.17) is 0 Å². The van der Waals surface area contributed by atoms with Gasteiger partial charge < -0.3 is 9.67 Å². The van der Waals surface area contributed by atoms with Crippen LogP contribution in [-0.2, 0) is 10.0 Å². The maximum absolute atomic E-state index is 12.6. The Bertz CT molecular complexity index is 604. The molecule has 0 saturated carbocycles. The maximum atomic E-state index is 12.6. The Balaban J connectivity index is 3.26. The first-order valence-electron chi connectivity index (χ1n) is 7.06. The molecular weight excluding hydrogens is 292 g/mol. The van der Waals surface area contributed by atoms with Crippen LogP contribution in [-0.4, -0.2) is 41.5 Å². The highest BCUT2D eigenvalue weighted by atomic mass is 32.2. The molecule has 1 unspecified atom stereocenters. The fourth-order valence-electron chi connectivity index (χ4n) is 2.20. The summed E-state index contributed by atoms with van der Waals surface area (Å²) in [6, 6.07) is 0.974. The zero-order valence-electron chi connectivity index (χ0n) is 13.2. The van der Waals surface area contributed by atoms with E-state index in [2.05, 4.69) is 0 Å². The molecule has 0 spiro atoms. The van der Waals surface area contributed by atoms with Crippen molar-refractivity contribution in [2.24, 2.45) is 0 Å². The molecule has 0 aliphatic carbocycles. The predicted octanol–water partition coefficient (Wildman–Crippen LogP) is 2.58. The summed E-state index contributed by atoms with van der Waals surface area (Å²) in [5, 5.41) is 9.20. The van der Waals surface area contributed by atoms with Gasteiger partial charge in [0.1, 0.15) is 10.6 Å². The lowest BCUT2D eigenvalue weighted by molar-refractivity contribution is 0.0683. The van der Waals surface area contributed by atoms with Crippen molar-refractivity contribution < 1.29 is 18.3 Å². The minimum Gasteiger partial charge on any atom is -0.477 e. The average molecular weight is 316 g/mol. The fourth-order valence-corrected chi connectivity index (χ4v) is 3.62. The largest absolute Gasteiger partial charge is 0.477 e. The number of aromatic carboxylic acids is 1. The molecule has 0 amide bonds. The lowest BCUT2D eigenvalue weighted by Gasteiger charge is -2.23. The number of carbonyl (C=O) groups is 1. The number of hydrogen-bond acceptors (Lipinski definition) is 3. The fraction of sp³-hybridized carbons (Fsp3) is 0.643. The van der Waals surface area contributed by atoms with Crippen molar-refractivity contribution in [3.05, 3.63) is 18.0 Å². The first-order valence-corrected chi connectivity index (χ1v) is 8.50. The molecule has 7 heteroatoms. The molecule has 1 N–H and O–H groups in total. The average Bonchev–Trinajstić information content (AvgIpc) is 2.84. The van der Waals surface area contributed by atoms with Crippen molar-refractivity contribution in [2.45, 2.75) is 57.5 Å². The normalized spacial score (nSPS) is 13.9. The second-order valence-electron chi connectivity index (χ2n) is 5.53. The van der Waals surface area contributed by atoms with E-state index in [1.165, 1.54) is 28.2 Å². The molecule has 0 saturated heterocycles. The highest BCUT2D eigenvalue weighted by molar-refractivity contribution is 7.89. The van der Waals surface area contributed by atoms with Crippen LogP contribution in [0, 0.1) is 0 Å². The van der Waals surface area contributed by atoms with Gasteiger partial charge in [-0.2, -0.15) is 4.31 Å². The number of hydrogen-bond donors (Lipinski definition) is 1. The minimum atomic E-state index is -3.68. The third-order valence-corrected chi connectivity index (χ3v) is 5.54. The standard InChI is InChI=1S/C14H24N2O4S/c1-6-7-11(4)15(5)21(19,20)12-8-13(14(17)18)16(9-12)10(2)3/h8-11H,6-7H2,1-5H3,(H,17,18). The third-order valence-electron chi connectivity index (χ3n) is 3.60. The molecule has 6 nitrogen and oxygen atoms in total. The van der Waals surface area contributed by atoms with Crippen LogP contribution in [0.3, 0.4) is 0 Å². The van der Waals surface area contributed by atoms with Gasteiger partial charge in [-0.15, -0.1) is 0 Å². The Morgan fingerprint density at radius 3 is 2.33 bits per heavy atom.